The molecule has 0 saturated heterocycles. The second kappa shape index (κ2) is 9.82. The Morgan fingerprint density at radius 3 is 2.15 bits per heavy atom. The number of nitrogens with one attached hydrogen (secondary N) is 2. The lowest BCUT2D eigenvalue weighted by Crippen LogP contribution is -2.45. The molecule has 2 N–H and O–H groups in total. The van der Waals surface area contributed by atoms with Gasteiger partial charge < -0.3 is 20.1 Å². The van der Waals surface area contributed by atoms with Crippen molar-refractivity contribution in [3.63, 3.8) is 0 Å². The highest BCUT2D eigenvalue weighted by Gasteiger charge is 2.32. The minimum Gasteiger partial charge on any atom is -0.457 e. The summed E-state index contributed by atoms with van der Waals surface area (Å²) in [6.45, 7) is 1.77. The van der Waals surface area contributed by atoms with Crippen molar-refractivity contribution in [3.8, 4) is 5.75 Å². The van der Waals surface area contributed by atoms with Gasteiger partial charge in [-0.2, -0.15) is 0 Å². The lowest BCUT2D eigenvalue weighted by atomic mass is 9.95. The van der Waals surface area contributed by atoms with Crippen LogP contribution in [0.3, 0.4) is 0 Å². The van der Waals surface area contributed by atoms with E-state index in [1.54, 1.807) is 55.5 Å². The molecule has 0 spiro atoms. The van der Waals surface area contributed by atoms with E-state index in [-0.39, 0.29) is 6.61 Å². The zero-order chi connectivity index (χ0) is 23.2. The van der Waals surface area contributed by atoms with Crippen molar-refractivity contribution in [2.24, 2.45) is 0 Å². The number of rotatable bonds is 6. The topological polar surface area (TPSA) is 93.7 Å². The molecule has 0 fully saturated rings. The Hall–Kier alpha value is -4.39. The quantitative estimate of drug-likeness (QED) is 0.439. The Morgan fingerprint density at radius 1 is 0.848 bits per heavy atom. The molecule has 0 radical (unpaired) electrons. The minimum atomic E-state index is -0.708. The van der Waals surface area contributed by atoms with E-state index in [1.165, 1.54) is 0 Å². The summed E-state index contributed by atoms with van der Waals surface area (Å²) in [6, 6.07) is 23.5. The largest absolute Gasteiger partial charge is 0.457 e. The average molecular weight is 442 g/mol. The fourth-order valence-electron chi connectivity index (χ4n) is 3.48. The monoisotopic (exact) mass is 442 g/mol. The van der Waals surface area contributed by atoms with Gasteiger partial charge in [-0.25, -0.2) is 14.4 Å². The number of urea groups is 1. The van der Waals surface area contributed by atoms with E-state index in [1.807, 2.05) is 36.4 Å². The number of hydrogen-bond donors (Lipinski definition) is 2. The maximum Gasteiger partial charge on any atom is 0.343 e. The molecule has 1 heterocycles. The summed E-state index contributed by atoms with van der Waals surface area (Å²) in [6.07, 6.45) is 0. The highest BCUT2D eigenvalue weighted by molar-refractivity contribution is 5.95. The second-order valence-corrected chi connectivity index (χ2v) is 7.46. The molecule has 0 aromatic heterocycles. The van der Waals surface area contributed by atoms with Crippen LogP contribution < -0.4 is 15.4 Å². The molecule has 7 heteroatoms. The summed E-state index contributed by atoms with van der Waals surface area (Å²) >= 11 is 0. The summed E-state index contributed by atoms with van der Waals surface area (Å²) in [5, 5.41) is 5.39. The fraction of sp³-hybridized carbons (Fsp3) is 0.115. The molecular formula is C26H22N2O5. The molecule has 166 valence electrons. The summed E-state index contributed by atoms with van der Waals surface area (Å²) in [5.74, 6) is -0.658. The van der Waals surface area contributed by atoms with Gasteiger partial charge in [-0.3, -0.25) is 0 Å². The first-order valence-electron chi connectivity index (χ1n) is 10.4. The summed E-state index contributed by atoms with van der Waals surface area (Å²) in [4.78, 5) is 37.3. The normalized spacial score (nSPS) is 15.3. The molecule has 7 nitrogen and oxygen atoms in total. The third-order valence-corrected chi connectivity index (χ3v) is 5.14. The molecule has 1 aliphatic rings. The van der Waals surface area contributed by atoms with E-state index in [0.717, 1.165) is 5.56 Å². The Kier molecular flexibility index (Phi) is 6.50. The van der Waals surface area contributed by atoms with Crippen molar-refractivity contribution < 1.29 is 23.9 Å². The Labute approximate surface area is 191 Å². The van der Waals surface area contributed by atoms with Crippen molar-refractivity contribution in [1.29, 1.82) is 0 Å². The molecule has 1 aliphatic heterocycles. The van der Waals surface area contributed by atoms with Crippen LogP contribution in [0.1, 0.15) is 34.5 Å². The van der Waals surface area contributed by atoms with Gasteiger partial charge in [0.1, 0.15) is 12.4 Å². The van der Waals surface area contributed by atoms with Crippen LogP contribution in [-0.2, 0) is 16.1 Å². The van der Waals surface area contributed by atoms with Crippen molar-refractivity contribution in [3.05, 3.63) is 113 Å². The van der Waals surface area contributed by atoms with Crippen LogP contribution in [0.2, 0.25) is 0 Å². The first-order chi connectivity index (χ1) is 16.0. The van der Waals surface area contributed by atoms with Crippen LogP contribution in [0, 0.1) is 0 Å². The van der Waals surface area contributed by atoms with Gasteiger partial charge in [-0.1, -0.05) is 60.7 Å². The van der Waals surface area contributed by atoms with E-state index >= 15 is 0 Å². The van der Waals surface area contributed by atoms with Gasteiger partial charge >= 0.3 is 18.0 Å². The zero-order valence-electron chi connectivity index (χ0n) is 17.9. The van der Waals surface area contributed by atoms with Crippen molar-refractivity contribution in [2.45, 2.75) is 19.6 Å². The van der Waals surface area contributed by atoms with E-state index in [4.69, 9.17) is 9.47 Å². The van der Waals surface area contributed by atoms with Gasteiger partial charge in [-0.05, 0) is 42.3 Å². The lowest BCUT2D eigenvalue weighted by Gasteiger charge is -2.28. The van der Waals surface area contributed by atoms with E-state index in [2.05, 4.69) is 10.6 Å². The third kappa shape index (κ3) is 5.27. The number of allylic oxidation sites excluding steroid dienone is 1. The van der Waals surface area contributed by atoms with Gasteiger partial charge in [0.2, 0.25) is 0 Å². The van der Waals surface area contributed by atoms with E-state index in [9.17, 15) is 14.4 Å². The number of carbonyl (C=O) groups excluding carboxylic acids is 3. The fourth-order valence-corrected chi connectivity index (χ4v) is 3.48. The summed E-state index contributed by atoms with van der Waals surface area (Å²) in [5.41, 5.74) is 2.67. The Bertz CT molecular complexity index is 1190. The molecular weight excluding hydrogens is 420 g/mol. The maximum atomic E-state index is 12.9. The van der Waals surface area contributed by atoms with Crippen molar-refractivity contribution in [2.75, 3.05) is 0 Å². The number of amides is 2. The molecule has 1 atom stereocenters. The highest BCUT2D eigenvalue weighted by Crippen LogP contribution is 2.29. The number of carbonyl (C=O) groups is 3. The van der Waals surface area contributed by atoms with Crippen LogP contribution in [-0.4, -0.2) is 18.0 Å². The molecule has 0 saturated carbocycles. The standard InChI is InChI=1S/C26H22N2O5/c1-17-22(25(30)32-16-18-8-4-2-5-9-18)23(28-26(31)27-17)19-12-14-21(15-13-19)33-24(29)20-10-6-3-7-11-20/h2-15,23H,16H2,1H3,(H2,27,28,31)/t23-/m0/s1. The summed E-state index contributed by atoms with van der Waals surface area (Å²) < 4.78 is 10.9. The second-order valence-electron chi connectivity index (χ2n) is 7.46. The SMILES string of the molecule is CC1=C(C(=O)OCc2ccccc2)[C@H](c2ccc(OC(=O)c3ccccc3)cc2)NC(=O)N1. The first-order valence-corrected chi connectivity index (χ1v) is 10.4. The molecule has 2 amide bonds. The molecule has 0 bridgehead atoms. The number of esters is 2. The Morgan fingerprint density at radius 2 is 1.48 bits per heavy atom. The van der Waals surface area contributed by atoms with Gasteiger partial charge in [0.05, 0.1) is 17.2 Å². The molecule has 3 aromatic carbocycles. The summed E-state index contributed by atoms with van der Waals surface area (Å²) in [7, 11) is 0. The van der Waals surface area contributed by atoms with Crippen LogP contribution in [0.25, 0.3) is 0 Å². The zero-order valence-corrected chi connectivity index (χ0v) is 17.9. The Balaban J connectivity index is 1.50. The van der Waals surface area contributed by atoms with Gasteiger partial charge in [0.25, 0.3) is 0 Å². The van der Waals surface area contributed by atoms with Gasteiger partial charge in [0.15, 0.2) is 0 Å². The maximum absolute atomic E-state index is 12.9. The molecule has 3 aromatic rings. The first kappa shape index (κ1) is 21.8. The van der Waals surface area contributed by atoms with Crippen molar-refractivity contribution >= 4 is 18.0 Å². The lowest BCUT2D eigenvalue weighted by molar-refractivity contribution is -0.140. The molecule has 0 aliphatic carbocycles. The van der Waals surface area contributed by atoms with E-state index < -0.39 is 24.0 Å². The third-order valence-electron chi connectivity index (χ3n) is 5.14. The molecule has 33 heavy (non-hydrogen) atoms. The van der Waals surface area contributed by atoms with Crippen LogP contribution in [0.5, 0.6) is 5.75 Å². The number of ether oxygens (including phenoxy) is 2. The van der Waals surface area contributed by atoms with Crippen LogP contribution >= 0.6 is 0 Å². The highest BCUT2D eigenvalue weighted by atomic mass is 16.5. The average Bonchev–Trinajstić information content (AvgIpc) is 2.84. The smallest absolute Gasteiger partial charge is 0.343 e. The van der Waals surface area contributed by atoms with Gasteiger partial charge in [0, 0.05) is 5.70 Å². The predicted octanol–water partition coefficient (Wildman–Crippen LogP) is 4.28. The number of hydrogen-bond acceptors (Lipinski definition) is 5. The van der Waals surface area contributed by atoms with E-state index in [0.29, 0.717) is 28.1 Å². The minimum absolute atomic E-state index is 0.117. The molecule has 4 rings (SSSR count). The van der Waals surface area contributed by atoms with Crippen LogP contribution in [0.15, 0.2) is 96.2 Å². The molecule has 0 unspecified atom stereocenters. The van der Waals surface area contributed by atoms with Crippen LogP contribution in [0.4, 0.5) is 4.79 Å². The predicted molar refractivity (Wildman–Crippen MR) is 121 cm³/mol. The van der Waals surface area contributed by atoms with Gasteiger partial charge in [-0.15, -0.1) is 0 Å². The number of benzene rings is 3. The van der Waals surface area contributed by atoms with Crippen molar-refractivity contribution in [1.82, 2.24) is 10.6 Å².